The Balaban J connectivity index is 0.00000110. The van der Waals surface area contributed by atoms with Crippen LogP contribution >= 0.6 is 52.1 Å². The van der Waals surface area contributed by atoms with Crippen LogP contribution in [0, 0.1) is 0 Å². The Kier molecular flexibility index (Phi) is 8.16. The van der Waals surface area contributed by atoms with E-state index in [0.29, 0.717) is 6.04 Å². The van der Waals surface area contributed by atoms with Gasteiger partial charge in [-0.1, -0.05) is 6.07 Å². The molecule has 3 nitrogen and oxygen atoms in total. The SMILES string of the molecule is Brc1cncc([C@@H](c2cccs2)N2CCNCC2)c1.Cl.Cl. The van der Waals surface area contributed by atoms with Gasteiger partial charge in [-0.05, 0) is 39.0 Å². The first kappa shape index (κ1) is 18.9. The lowest BCUT2D eigenvalue weighted by atomic mass is 10.0. The minimum atomic E-state index is 0. The van der Waals surface area contributed by atoms with Crippen molar-refractivity contribution in [1.82, 2.24) is 15.2 Å². The number of piperazine rings is 1. The molecule has 0 bridgehead atoms. The molecule has 1 aliphatic rings. The predicted octanol–water partition coefficient (Wildman–Crippen LogP) is 3.74. The van der Waals surface area contributed by atoms with E-state index in [0.717, 1.165) is 30.7 Å². The van der Waals surface area contributed by atoms with E-state index in [-0.39, 0.29) is 24.8 Å². The van der Waals surface area contributed by atoms with Gasteiger partial charge in [-0.15, -0.1) is 36.2 Å². The molecule has 116 valence electrons. The van der Waals surface area contributed by atoms with Gasteiger partial charge in [0.2, 0.25) is 0 Å². The second kappa shape index (κ2) is 9.08. The van der Waals surface area contributed by atoms with Crippen molar-refractivity contribution in [3.8, 4) is 0 Å². The molecule has 1 fully saturated rings. The van der Waals surface area contributed by atoms with Gasteiger partial charge < -0.3 is 5.32 Å². The quantitative estimate of drug-likeness (QED) is 0.835. The normalized spacial score (nSPS) is 16.6. The first-order valence-corrected chi connectivity index (χ1v) is 8.10. The maximum absolute atomic E-state index is 4.33. The Morgan fingerprint density at radius 2 is 2.00 bits per heavy atom. The number of pyridine rings is 1. The highest BCUT2D eigenvalue weighted by Gasteiger charge is 2.24. The van der Waals surface area contributed by atoms with Gasteiger partial charge in [-0.25, -0.2) is 0 Å². The molecule has 0 saturated carbocycles. The van der Waals surface area contributed by atoms with Crippen LogP contribution in [0.15, 0.2) is 40.4 Å². The molecular formula is C14H18BrCl2N3S. The molecule has 0 radical (unpaired) electrons. The molecule has 2 aromatic heterocycles. The Labute approximate surface area is 150 Å². The summed E-state index contributed by atoms with van der Waals surface area (Å²) in [4.78, 5) is 8.25. The molecule has 0 aliphatic carbocycles. The highest BCUT2D eigenvalue weighted by atomic mass is 79.9. The van der Waals surface area contributed by atoms with E-state index in [9.17, 15) is 0 Å². The molecule has 3 heterocycles. The predicted molar refractivity (Wildman–Crippen MR) is 97.0 cm³/mol. The topological polar surface area (TPSA) is 28.2 Å². The largest absolute Gasteiger partial charge is 0.314 e. The Morgan fingerprint density at radius 3 is 2.62 bits per heavy atom. The Bertz CT molecular complexity index is 533. The van der Waals surface area contributed by atoms with Gasteiger partial charge in [0.25, 0.3) is 0 Å². The molecule has 3 rings (SSSR count). The second-order valence-corrected chi connectivity index (χ2v) is 6.54. The lowest BCUT2D eigenvalue weighted by Gasteiger charge is -2.34. The smallest absolute Gasteiger partial charge is 0.0712 e. The molecule has 0 amide bonds. The van der Waals surface area contributed by atoms with Crippen LogP contribution in [0.4, 0.5) is 0 Å². The molecule has 0 aromatic carbocycles. The summed E-state index contributed by atoms with van der Waals surface area (Å²) < 4.78 is 1.04. The maximum atomic E-state index is 4.33. The first-order chi connectivity index (χ1) is 9.34. The van der Waals surface area contributed by atoms with Crippen LogP contribution < -0.4 is 5.32 Å². The van der Waals surface area contributed by atoms with Crippen LogP contribution in [0.1, 0.15) is 16.5 Å². The van der Waals surface area contributed by atoms with Crippen molar-refractivity contribution in [3.63, 3.8) is 0 Å². The van der Waals surface area contributed by atoms with Crippen LogP contribution in [0.3, 0.4) is 0 Å². The summed E-state index contributed by atoms with van der Waals surface area (Å²) in [5.41, 5.74) is 1.26. The highest BCUT2D eigenvalue weighted by Crippen LogP contribution is 2.32. The number of rotatable bonds is 3. The van der Waals surface area contributed by atoms with Gasteiger partial charge in [0.1, 0.15) is 0 Å². The third kappa shape index (κ3) is 4.65. The van der Waals surface area contributed by atoms with Crippen LogP contribution in [0.25, 0.3) is 0 Å². The van der Waals surface area contributed by atoms with E-state index in [1.165, 1.54) is 10.4 Å². The molecule has 1 atom stereocenters. The lowest BCUT2D eigenvalue weighted by molar-refractivity contribution is 0.200. The van der Waals surface area contributed by atoms with E-state index in [1.54, 1.807) is 0 Å². The average Bonchev–Trinajstić information content (AvgIpc) is 2.94. The summed E-state index contributed by atoms with van der Waals surface area (Å²) in [6, 6.07) is 6.85. The number of hydrogen-bond donors (Lipinski definition) is 1. The zero-order valence-corrected chi connectivity index (χ0v) is 15.4. The van der Waals surface area contributed by atoms with Gasteiger partial charge in [0, 0.05) is 47.9 Å². The van der Waals surface area contributed by atoms with Crippen molar-refractivity contribution < 1.29 is 0 Å². The fraction of sp³-hybridized carbons (Fsp3) is 0.357. The van der Waals surface area contributed by atoms with Crippen molar-refractivity contribution in [1.29, 1.82) is 0 Å². The number of aromatic nitrogens is 1. The Hall–Kier alpha value is -0.170. The van der Waals surface area contributed by atoms with Gasteiger partial charge in [0.05, 0.1) is 6.04 Å². The fourth-order valence-corrected chi connectivity index (χ4v) is 3.79. The van der Waals surface area contributed by atoms with Crippen molar-refractivity contribution in [2.24, 2.45) is 0 Å². The molecule has 1 saturated heterocycles. The van der Waals surface area contributed by atoms with Crippen LogP contribution in [0.2, 0.25) is 0 Å². The molecule has 0 unspecified atom stereocenters. The number of thiophene rings is 1. The average molecular weight is 411 g/mol. The Morgan fingerprint density at radius 1 is 1.24 bits per heavy atom. The standard InChI is InChI=1S/C14H16BrN3S.2ClH/c15-12-8-11(9-17-10-12)14(13-2-1-7-19-13)18-5-3-16-4-6-18;;/h1-2,7-10,14,16H,3-6H2;2*1H/t14-;;/m0../s1. The zero-order chi connectivity index (χ0) is 13.1. The minimum absolute atomic E-state index is 0. The summed E-state index contributed by atoms with van der Waals surface area (Å²) in [6.07, 6.45) is 3.82. The number of halogens is 3. The van der Waals surface area contributed by atoms with Crippen molar-refractivity contribution in [2.75, 3.05) is 26.2 Å². The van der Waals surface area contributed by atoms with Gasteiger partial charge in [-0.3, -0.25) is 9.88 Å². The van der Waals surface area contributed by atoms with Crippen molar-refractivity contribution >= 4 is 52.1 Å². The van der Waals surface area contributed by atoms with Gasteiger partial charge in [0.15, 0.2) is 0 Å². The molecule has 21 heavy (non-hydrogen) atoms. The van der Waals surface area contributed by atoms with Crippen LogP contribution in [-0.4, -0.2) is 36.1 Å². The summed E-state index contributed by atoms with van der Waals surface area (Å²) >= 11 is 5.35. The third-order valence-corrected chi connectivity index (χ3v) is 4.73. The summed E-state index contributed by atoms with van der Waals surface area (Å²) in [7, 11) is 0. The van der Waals surface area contributed by atoms with Crippen LogP contribution in [-0.2, 0) is 0 Å². The summed E-state index contributed by atoms with van der Waals surface area (Å²) in [6.45, 7) is 4.27. The maximum Gasteiger partial charge on any atom is 0.0712 e. The van der Waals surface area contributed by atoms with Crippen molar-refractivity contribution in [2.45, 2.75) is 6.04 Å². The number of hydrogen-bond acceptors (Lipinski definition) is 4. The molecule has 2 aromatic rings. The molecule has 1 aliphatic heterocycles. The monoisotopic (exact) mass is 409 g/mol. The summed E-state index contributed by atoms with van der Waals surface area (Å²) in [5.74, 6) is 0. The van der Waals surface area contributed by atoms with E-state index in [1.807, 2.05) is 23.7 Å². The lowest BCUT2D eigenvalue weighted by Crippen LogP contribution is -2.45. The fourth-order valence-electron chi connectivity index (χ4n) is 2.52. The van der Waals surface area contributed by atoms with E-state index in [4.69, 9.17) is 0 Å². The van der Waals surface area contributed by atoms with E-state index in [2.05, 4.69) is 54.7 Å². The van der Waals surface area contributed by atoms with Crippen LogP contribution in [0.5, 0.6) is 0 Å². The minimum Gasteiger partial charge on any atom is -0.314 e. The molecule has 1 N–H and O–H groups in total. The molecular weight excluding hydrogens is 393 g/mol. The van der Waals surface area contributed by atoms with E-state index < -0.39 is 0 Å². The van der Waals surface area contributed by atoms with E-state index >= 15 is 0 Å². The van der Waals surface area contributed by atoms with Gasteiger partial charge >= 0.3 is 0 Å². The van der Waals surface area contributed by atoms with Crippen molar-refractivity contribution in [3.05, 3.63) is 50.9 Å². The zero-order valence-electron chi connectivity index (χ0n) is 11.4. The molecule has 0 spiro atoms. The second-order valence-electron chi connectivity index (χ2n) is 4.64. The number of nitrogens with one attached hydrogen (secondary N) is 1. The highest BCUT2D eigenvalue weighted by molar-refractivity contribution is 9.10. The third-order valence-electron chi connectivity index (χ3n) is 3.37. The number of nitrogens with zero attached hydrogens (tertiary/aromatic N) is 2. The summed E-state index contributed by atoms with van der Waals surface area (Å²) in [5, 5.41) is 5.56. The van der Waals surface area contributed by atoms with Gasteiger partial charge in [-0.2, -0.15) is 0 Å². The molecule has 7 heteroatoms. The first-order valence-electron chi connectivity index (χ1n) is 6.43.